The lowest BCUT2D eigenvalue weighted by atomic mass is 10.1. The van der Waals surface area contributed by atoms with Crippen LogP contribution in [0, 0.1) is 10.1 Å². The van der Waals surface area contributed by atoms with Crippen molar-refractivity contribution in [2.24, 2.45) is 7.05 Å². The summed E-state index contributed by atoms with van der Waals surface area (Å²) in [4.78, 5) is 13.3. The molecule has 0 aromatic carbocycles. The Morgan fingerprint density at radius 2 is 2.15 bits per heavy atom. The number of nitrogens with one attached hydrogen (secondary N) is 1. The van der Waals surface area contributed by atoms with Crippen LogP contribution in [0.2, 0.25) is 0 Å². The number of nitro groups is 1. The standard InChI is InChI=1S/C13H23N5O2/c1-9(2)11-12(18(19)20)13(17(4)15-11)14-10-6-5-7-16(3)8-10/h9-10,14H,5-8H2,1-4H3. The van der Waals surface area contributed by atoms with Gasteiger partial charge in [-0.2, -0.15) is 5.10 Å². The smallest absolute Gasteiger partial charge is 0.334 e. The van der Waals surface area contributed by atoms with E-state index in [4.69, 9.17) is 0 Å². The lowest BCUT2D eigenvalue weighted by Crippen LogP contribution is -2.40. The third-order valence-electron chi connectivity index (χ3n) is 3.74. The number of nitrogens with zero attached hydrogens (tertiary/aromatic N) is 4. The molecule has 1 fully saturated rings. The monoisotopic (exact) mass is 281 g/mol. The number of aromatic nitrogens is 2. The van der Waals surface area contributed by atoms with Crippen molar-refractivity contribution in [3.05, 3.63) is 15.8 Å². The summed E-state index contributed by atoms with van der Waals surface area (Å²) >= 11 is 0. The van der Waals surface area contributed by atoms with Gasteiger partial charge in [0.2, 0.25) is 5.82 Å². The second-order valence-electron chi connectivity index (χ2n) is 5.86. The van der Waals surface area contributed by atoms with Crippen molar-refractivity contribution >= 4 is 11.5 Å². The first-order chi connectivity index (χ1) is 9.40. The maximum Gasteiger partial charge on any atom is 0.334 e. The third-order valence-corrected chi connectivity index (χ3v) is 3.74. The number of piperidine rings is 1. The predicted octanol–water partition coefficient (Wildman–Crippen LogP) is 1.96. The predicted molar refractivity (Wildman–Crippen MR) is 78.1 cm³/mol. The summed E-state index contributed by atoms with van der Waals surface area (Å²) in [5.41, 5.74) is 0.667. The van der Waals surface area contributed by atoms with Gasteiger partial charge in [0.15, 0.2) is 0 Å². The van der Waals surface area contributed by atoms with Gasteiger partial charge in [0.25, 0.3) is 0 Å². The van der Waals surface area contributed by atoms with E-state index in [0.29, 0.717) is 11.5 Å². The zero-order chi connectivity index (χ0) is 14.9. The largest absolute Gasteiger partial charge is 0.361 e. The summed E-state index contributed by atoms with van der Waals surface area (Å²) in [5.74, 6) is 0.560. The fraction of sp³-hybridized carbons (Fsp3) is 0.769. The topological polar surface area (TPSA) is 76.2 Å². The highest BCUT2D eigenvalue weighted by Gasteiger charge is 2.30. The zero-order valence-electron chi connectivity index (χ0n) is 12.6. The fourth-order valence-corrected chi connectivity index (χ4v) is 2.74. The molecule has 0 spiro atoms. The zero-order valence-corrected chi connectivity index (χ0v) is 12.6. The number of hydrogen-bond donors (Lipinski definition) is 1. The summed E-state index contributed by atoms with van der Waals surface area (Å²) in [6.07, 6.45) is 2.14. The van der Waals surface area contributed by atoms with E-state index in [1.807, 2.05) is 13.8 Å². The molecule has 2 heterocycles. The van der Waals surface area contributed by atoms with Gasteiger partial charge < -0.3 is 10.2 Å². The summed E-state index contributed by atoms with van der Waals surface area (Å²) in [6.45, 7) is 5.84. The first-order valence-corrected chi connectivity index (χ1v) is 7.06. The van der Waals surface area contributed by atoms with E-state index in [-0.39, 0.29) is 22.6 Å². The van der Waals surface area contributed by atoms with E-state index in [9.17, 15) is 10.1 Å². The van der Waals surface area contributed by atoms with Gasteiger partial charge in [0.05, 0.1) is 4.92 Å². The van der Waals surface area contributed by atoms with E-state index in [2.05, 4.69) is 22.4 Å². The fourth-order valence-electron chi connectivity index (χ4n) is 2.74. The molecule has 0 aliphatic carbocycles. The van der Waals surface area contributed by atoms with E-state index in [0.717, 1.165) is 25.9 Å². The van der Waals surface area contributed by atoms with Crippen LogP contribution in [-0.2, 0) is 7.05 Å². The second kappa shape index (κ2) is 5.78. The van der Waals surface area contributed by atoms with Crippen molar-refractivity contribution in [1.29, 1.82) is 0 Å². The lowest BCUT2D eigenvalue weighted by molar-refractivity contribution is -0.384. The van der Waals surface area contributed by atoms with Crippen LogP contribution >= 0.6 is 0 Å². The third kappa shape index (κ3) is 2.92. The van der Waals surface area contributed by atoms with Crippen molar-refractivity contribution in [3.63, 3.8) is 0 Å². The van der Waals surface area contributed by atoms with E-state index in [1.165, 1.54) is 0 Å². The minimum atomic E-state index is -0.322. The summed E-state index contributed by atoms with van der Waals surface area (Å²) in [5, 5.41) is 19.0. The molecule has 1 aliphatic rings. The molecule has 2 rings (SSSR count). The van der Waals surface area contributed by atoms with Crippen LogP contribution in [0.3, 0.4) is 0 Å². The van der Waals surface area contributed by atoms with Gasteiger partial charge in [0, 0.05) is 25.6 Å². The molecule has 0 radical (unpaired) electrons. The molecule has 0 bridgehead atoms. The van der Waals surface area contributed by atoms with Crippen molar-refractivity contribution in [2.45, 2.75) is 38.6 Å². The molecule has 1 atom stereocenters. The molecule has 0 amide bonds. The van der Waals surface area contributed by atoms with E-state index >= 15 is 0 Å². The van der Waals surface area contributed by atoms with Crippen LogP contribution in [0.25, 0.3) is 0 Å². The van der Waals surface area contributed by atoms with Crippen LogP contribution < -0.4 is 5.32 Å². The van der Waals surface area contributed by atoms with Crippen molar-refractivity contribution in [3.8, 4) is 0 Å². The molecule has 1 saturated heterocycles. The number of rotatable bonds is 4. The molecule has 1 aliphatic heterocycles. The SMILES string of the molecule is CC(C)c1nn(C)c(NC2CCCN(C)C2)c1[N+](=O)[O-]. The second-order valence-corrected chi connectivity index (χ2v) is 5.86. The molecule has 7 nitrogen and oxygen atoms in total. The number of anilines is 1. The Balaban J connectivity index is 2.28. The van der Waals surface area contributed by atoms with Gasteiger partial charge in [-0.15, -0.1) is 0 Å². The molecule has 7 heteroatoms. The Bertz CT molecular complexity index is 497. The Morgan fingerprint density at radius 3 is 2.70 bits per heavy atom. The summed E-state index contributed by atoms with van der Waals surface area (Å²) in [7, 11) is 3.83. The van der Waals surface area contributed by atoms with Crippen LogP contribution in [0.5, 0.6) is 0 Å². The van der Waals surface area contributed by atoms with Crippen molar-refractivity contribution < 1.29 is 4.92 Å². The number of aryl methyl sites for hydroxylation is 1. The Morgan fingerprint density at radius 1 is 1.45 bits per heavy atom. The normalized spacial score (nSPS) is 20.4. The van der Waals surface area contributed by atoms with Crippen LogP contribution in [0.1, 0.15) is 38.3 Å². The number of likely N-dealkylation sites (tertiary alicyclic amines) is 1. The summed E-state index contributed by atoms with van der Waals surface area (Å²) in [6, 6.07) is 0.239. The Hall–Kier alpha value is -1.63. The van der Waals surface area contributed by atoms with Gasteiger partial charge in [0.1, 0.15) is 5.69 Å². The van der Waals surface area contributed by atoms with E-state index < -0.39 is 0 Å². The van der Waals surface area contributed by atoms with Crippen LogP contribution in [0.4, 0.5) is 11.5 Å². The lowest BCUT2D eigenvalue weighted by Gasteiger charge is -2.30. The van der Waals surface area contributed by atoms with E-state index in [1.54, 1.807) is 11.7 Å². The minimum Gasteiger partial charge on any atom is -0.361 e. The molecule has 112 valence electrons. The average molecular weight is 281 g/mol. The molecular weight excluding hydrogens is 258 g/mol. The van der Waals surface area contributed by atoms with Gasteiger partial charge in [-0.3, -0.25) is 10.1 Å². The first-order valence-electron chi connectivity index (χ1n) is 7.06. The molecule has 20 heavy (non-hydrogen) atoms. The average Bonchev–Trinajstić information content (AvgIpc) is 2.67. The molecule has 1 unspecified atom stereocenters. The quantitative estimate of drug-likeness (QED) is 0.674. The van der Waals surface area contributed by atoms with Gasteiger partial charge in [-0.25, -0.2) is 4.68 Å². The van der Waals surface area contributed by atoms with Gasteiger partial charge >= 0.3 is 5.69 Å². The Kier molecular flexibility index (Phi) is 4.27. The number of likely N-dealkylation sites (N-methyl/N-ethyl adjacent to an activating group) is 1. The Labute approximate surface area is 119 Å². The van der Waals surface area contributed by atoms with Crippen LogP contribution in [-0.4, -0.2) is 45.8 Å². The maximum absolute atomic E-state index is 11.4. The molecule has 1 aromatic rings. The van der Waals surface area contributed by atoms with Crippen LogP contribution in [0.15, 0.2) is 0 Å². The van der Waals surface area contributed by atoms with Gasteiger partial charge in [-0.1, -0.05) is 13.8 Å². The molecule has 0 saturated carbocycles. The first kappa shape index (κ1) is 14.8. The van der Waals surface area contributed by atoms with Crippen molar-refractivity contribution in [1.82, 2.24) is 14.7 Å². The highest BCUT2D eigenvalue weighted by atomic mass is 16.6. The van der Waals surface area contributed by atoms with Crippen molar-refractivity contribution in [2.75, 3.05) is 25.5 Å². The minimum absolute atomic E-state index is 0.0335. The summed E-state index contributed by atoms with van der Waals surface area (Å²) < 4.78 is 1.60. The molecule has 1 N–H and O–H groups in total. The highest BCUT2D eigenvalue weighted by Crippen LogP contribution is 2.33. The van der Waals surface area contributed by atoms with Gasteiger partial charge in [-0.05, 0) is 26.4 Å². The molecular formula is C13H23N5O2. The maximum atomic E-state index is 11.4. The number of hydrogen-bond acceptors (Lipinski definition) is 5. The highest BCUT2D eigenvalue weighted by molar-refractivity contribution is 5.61. The molecule has 1 aromatic heterocycles.